The zero-order valence-corrected chi connectivity index (χ0v) is 13.3. The van der Waals surface area contributed by atoms with E-state index in [1.165, 1.54) is 0 Å². The topological polar surface area (TPSA) is 46.6 Å². The van der Waals surface area contributed by atoms with Gasteiger partial charge in [0.05, 0.1) is 5.56 Å². The Bertz CT molecular complexity index is 735. The van der Waals surface area contributed by atoms with Gasteiger partial charge in [-0.1, -0.05) is 24.3 Å². The molecule has 0 aliphatic heterocycles. The highest BCUT2D eigenvalue weighted by molar-refractivity contribution is 6.03. The molecule has 0 heterocycles. The van der Waals surface area contributed by atoms with E-state index in [9.17, 15) is 9.59 Å². The molecule has 4 nitrogen and oxygen atoms in total. The number of fused-ring (bicyclic) bond motifs is 1. The van der Waals surface area contributed by atoms with Crippen molar-refractivity contribution in [2.45, 2.75) is 18.9 Å². The molecule has 2 aromatic carbocycles. The maximum Gasteiger partial charge on any atom is 0.338 e. The second-order valence-corrected chi connectivity index (χ2v) is 5.90. The van der Waals surface area contributed by atoms with Crippen molar-refractivity contribution in [1.82, 2.24) is 0 Å². The first-order chi connectivity index (χ1) is 11.1. The number of Topliss-reactive ketones (excluding diaryl/α,β-unsaturated/α-hetero) is 1. The Morgan fingerprint density at radius 3 is 2.48 bits per heavy atom. The Hall–Kier alpha value is -2.62. The van der Waals surface area contributed by atoms with E-state index in [4.69, 9.17) is 4.74 Å². The number of hydrogen-bond acceptors (Lipinski definition) is 4. The number of aryl methyl sites for hydroxylation is 1. The van der Waals surface area contributed by atoms with Crippen LogP contribution >= 0.6 is 0 Å². The molecule has 0 N–H and O–H groups in total. The van der Waals surface area contributed by atoms with Crippen molar-refractivity contribution < 1.29 is 14.3 Å². The molecular weight excluding hydrogens is 290 g/mol. The fourth-order valence-corrected chi connectivity index (χ4v) is 2.78. The first-order valence-electron chi connectivity index (χ1n) is 7.67. The quantitative estimate of drug-likeness (QED) is 0.817. The van der Waals surface area contributed by atoms with Crippen molar-refractivity contribution in [3.8, 4) is 0 Å². The van der Waals surface area contributed by atoms with Gasteiger partial charge in [0.25, 0.3) is 0 Å². The summed E-state index contributed by atoms with van der Waals surface area (Å²) in [5.41, 5.74) is 3.16. The zero-order valence-electron chi connectivity index (χ0n) is 13.3. The number of benzene rings is 2. The van der Waals surface area contributed by atoms with Gasteiger partial charge in [0.1, 0.15) is 0 Å². The van der Waals surface area contributed by atoms with Crippen LogP contribution in [0.3, 0.4) is 0 Å². The van der Waals surface area contributed by atoms with Gasteiger partial charge < -0.3 is 9.64 Å². The molecule has 0 amide bonds. The minimum Gasteiger partial charge on any atom is -0.450 e. The first kappa shape index (κ1) is 15.3. The lowest BCUT2D eigenvalue weighted by atomic mass is 9.89. The van der Waals surface area contributed by atoms with E-state index in [0.717, 1.165) is 17.7 Å². The van der Waals surface area contributed by atoms with Gasteiger partial charge in [-0.15, -0.1) is 0 Å². The van der Waals surface area contributed by atoms with Crippen molar-refractivity contribution in [1.29, 1.82) is 0 Å². The highest BCUT2D eigenvalue weighted by Crippen LogP contribution is 2.24. The number of ketones is 1. The van der Waals surface area contributed by atoms with Crippen LogP contribution in [0.4, 0.5) is 5.69 Å². The van der Waals surface area contributed by atoms with Crippen LogP contribution in [0.1, 0.15) is 32.7 Å². The lowest BCUT2D eigenvalue weighted by Gasteiger charge is -2.23. The summed E-state index contributed by atoms with van der Waals surface area (Å²) in [5.74, 6) is -0.557. The SMILES string of the molecule is CN(C)c1ccc(C(=O)OC2CCc3ccccc3C2=O)cc1. The predicted octanol–water partition coefficient (Wildman–Crippen LogP) is 3.11. The lowest BCUT2D eigenvalue weighted by Crippen LogP contribution is -2.32. The number of carbonyl (C=O) groups is 2. The fourth-order valence-electron chi connectivity index (χ4n) is 2.78. The van der Waals surface area contributed by atoms with Gasteiger partial charge in [-0.25, -0.2) is 4.79 Å². The third-order valence-electron chi connectivity index (χ3n) is 4.12. The first-order valence-corrected chi connectivity index (χ1v) is 7.67. The number of ether oxygens (including phenoxy) is 1. The Morgan fingerprint density at radius 1 is 1.09 bits per heavy atom. The summed E-state index contributed by atoms with van der Waals surface area (Å²) in [4.78, 5) is 26.7. The van der Waals surface area contributed by atoms with Gasteiger partial charge in [-0.3, -0.25) is 4.79 Å². The molecule has 0 saturated heterocycles. The van der Waals surface area contributed by atoms with Gasteiger partial charge in [0.2, 0.25) is 5.78 Å². The van der Waals surface area contributed by atoms with Crippen LogP contribution in [-0.4, -0.2) is 32.0 Å². The third-order valence-corrected chi connectivity index (χ3v) is 4.12. The van der Waals surface area contributed by atoms with E-state index < -0.39 is 12.1 Å². The Balaban J connectivity index is 1.72. The summed E-state index contributed by atoms with van der Waals surface area (Å²) in [7, 11) is 3.87. The van der Waals surface area contributed by atoms with Gasteiger partial charge in [0.15, 0.2) is 6.10 Å². The van der Waals surface area contributed by atoms with Crippen LogP contribution in [0, 0.1) is 0 Å². The molecule has 0 aromatic heterocycles. The molecule has 0 bridgehead atoms. The summed E-state index contributed by atoms with van der Waals surface area (Å²) in [5, 5.41) is 0. The molecule has 0 fully saturated rings. The Morgan fingerprint density at radius 2 is 1.78 bits per heavy atom. The van der Waals surface area contributed by atoms with Crippen LogP contribution in [0.15, 0.2) is 48.5 Å². The average molecular weight is 309 g/mol. The molecule has 23 heavy (non-hydrogen) atoms. The Kier molecular flexibility index (Phi) is 4.15. The number of anilines is 1. The largest absolute Gasteiger partial charge is 0.450 e. The molecule has 118 valence electrons. The molecule has 3 rings (SSSR count). The fraction of sp³-hybridized carbons (Fsp3) is 0.263. The Labute approximate surface area is 135 Å². The normalized spacial score (nSPS) is 16.6. The van der Waals surface area contributed by atoms with Gasteiger partial charge >= 0.3 is 5.97 Å². The molecule has 1 unspecified atom stereocenters. The molecule has 0 saturated carbocycles. The average Bonchev–Trinajstić information content (AvgIpc) is 2.57. The summed E-state index contributed by atoms with van der Waals surface area (Å²) in [6.07, 6.45) is 0.600. The van der Waals surface area contributed by atoms with Crippen LogP contribution in [0.2, 0.25) is 0 Å². The molecule has 4 heteroatoms. The standard InChI is InChI=1S/C19H19NO3/c1-20(2)15-10-7-14(8-11-15)19(22)23-17-12-9-13-5-3-4-6-16(13)18(17)21/h3-8,10-11,17H,9,12H2,1-2H3. The summed E-state index contributed by atoms with van der Waals surface area (Å²) in [6.45, 7) is 0. The number of esters is 1. The molecule has 0 radical (unpaired) electrons. The van der Waals surface area contributed by atoms with E-state index in [1.807, 2.05) is 49.3 Å². The predicted molar refractivity (Wildman–Crippen MR) is 89.1 cm³/mol. The highest BCUT2D eigenvalue weighted by atomic mass is 16.5. The molecule has 1 aliphatic rings. The van der Waals surface area contributed by atoms with Crippen LogP contribution in [0.25, 0.3) is 0 Å². The molecule has 2 aromatic rings. The summed E-state index contributed by atoms with van der Waals surface area (Å²) in [6, 6.07) is 14.7. The zero-order chi connectivity index (χ0) is 16.4. The second kappa shape index (κ2) is 6.24. The van der Waals surface area contributed by atoms with Crippen LogP contribution in [-0.2, 0) is 11.2 Å². The minimum atomic E-state index is -0.689. The molecule has 0 spiro atoms. The van der Waals surface area contributed by atoms with E-state index in [0.29, 0.717) is 17.5 Å². The van der Waals surface area contributed by atoms with E-state index in [2.05, 4.69) is 0 Å². The number of nitrogens with zero attached hydrogens (tertiary/aromatic N) is 1. The van der Waals surface area contributed by atoms with E-state index >= 15 is 0 Å². The maximum atomic E-state index is 12.4. The lowest BCUT2D eigenvalue weighted by molar-refractivity contribution is 0.0257. The van der Waals surface area contributed by atoms with Gasteiger partial charge in [-0.05, 0) is 42.7 Å². The van der Waals surface area contributed by atoms with Crippen LogP contribution < -0.4 is 4.90 Å². The monoisotopic (exact) mass is 309 g/mol. The summed E-state index contributed by atoms with van der Waals surface area (Å²) < 4.78 is 5.44. The number of hydrogen-bond donors (Lipinski definition) is 0. The third kappa shape index (κ3) is 3.11. The van der Waals surface area contributed by atoms with Crippen molar-refractivity contribution in [2.75, 3.05) is 19.0 Å². The number of carbonyl (C=O) groups excluding carboxylic acids is 2. The molecule has 1 atom stereocenters. The van der Waals surface area contributed by atoms with Crippen molar-refractivity contribution >= 4 is 17.4 Å². The highest BCUT2D eigenvalue weighted by Gasteiger charge is 2.30. The van der Waals surface area contributed by atoms with Crippen molar-refractivity contribution in [3.05, 3.63) is 65.2 Å². The van der Waals surface area contributed by atoms with Gasteiger partial charge in [0, 0.05) is 25.3 Å². The molecular formula is C19H19NO3. The summed E-state index contributed by atoms with van der Waals surface area (Å²) >= 11 is 0. The molecule has 1 aliphatic carbocycles. The minimum absolute atomic E-state index is 0.106. The van der Waals surface area contributed by atoms with Crippen molar-refractivity contribution in [3.63, 3.8) is 0 Å². The van der Waals surface area contributed by atoms with E-state index in [-0.39, 0.29) is 5.78 Å². The maximum absolute atomic E-state index is 12.4. The van der Waals surface area contributed by atoms with E-state index in [1.54, 1.807) is 18.2 Å². The van der Waals surface area contributed by atoms with Crippen LogP contribution in [0.5, 0.6) is 0 Å². The van der Waals surface area contributed by atoms with Gasteiger partial charge in [-0.2, -0.15) is 0 Å². The smallest absolute Gasteiger partial charge is 0.338 e. The number of rotatable bonds is 3. The second-order valence-electron chi connectivity index (χ2n) is 5.90. The van der Waals surface area contributed by atoms with Crippen molar-refractivity contribution in [2.24, 2.45) is 0 Å².